The summed E-state index contributed by atoms with van der Waals surface area (Å²) in [6, 6.07) is 14.7. The van der Waals surface area contributed by atoms with Gasteiger partial charge in [0.25, 0.3) is 0 Å². The van der Waals surface area contributed by atoms with Crippen molar-refractivity contribution in [2.45, 2.75) is 37.2 Å². The van der Waals surface area contributed by atoms with Crippen molar-refractivity contribution in [1.82, 2.24) is 14.6 Å². The number of benzene rings is 2. The first kappa shape index (κ1) is 19.5. The van der Waals surface area contributed by atoms with Gasteiger partial charge in [-0.05, 0) is 59.9 Å². The zero-order valence-corrected chi connectivity index (χ0v) is 17.2. The number of nitrogens with one attached hydrogen (secondary N) is 1. The molecule has 29 heavy (non-hydrogen) atoms. The molecule has 1 aliphatic carbocycles. The maximum absolute atomic E-state index is 13.2. The summed E-state index contributed by atoms with van der Waals surface area (Å²) < 4.78 is 27.7. The molecular weight excluding hydrogens is 386 g/mol. The van der Waals surface area contributed by atoms with E-state index in [0.717, 1.165) is 40.4 Å². The second-order valence-corrected chi connectivity index (χ2v) is 9.49. The fourth-order valence-corrected chi connectivity index (χ4v) is 5.08. The van der Waals surface area contributed by atoms with Crippen molar-refractivity contribution in [3.8, 4) is 0 Å². The summed E-state index contributed by atoms with van der Waals surface area (Å²) in [5.41, 5.74) is 3.76. The van der Waals surface area contributed by atoms with Crippen LogP contribution in [0.25, 0.3) is 10.9 Å². The molecule has 1 N–H and O–H groups in total. The van der Waals surface area contributed by atoms with Gasteiger partial charge in [0.2, 0.25) is 15.9 Å². The molecule has 3 aromatic rings. The van der Waals surface area contributed by atoms with Crippen LogP contribution in [0.1, 0.15) is 36.1 Å². The van der Waals surface area contributed by atoms with Crippen molar-refractivity contribution in [1.29, 1.82) is 0 Å². The first-order valence-corrected chi connectivity index (χ1v) is 11.0. The highest BCUT2D eigenvalue weighted by Crippen LogP contribution is 2.33. The molecule has 2 aromatic carbocycles. The molecule has 1 atom stereocenters. The number of hydrogen-bond donors (Lipinski definition) is 1. The third-order valence-electron chi connectivity index (χ3n) is 5.35. The highest BCUT2D eigenvalue weighted by Gasteiger charge is 2.27. The number of hydrogen-bond acceptors (Lipinski definition) is 4. The predicted molar refractivity (Wildman–Crippen MR) is 112 cm³/mol. The van der Waals surface area contributed by atoms with Gasteiger partial charge >= 0.3 is 0 Å². The molecule has 1 amide bonds. The van der Waals surface area contributed by atoms with Crippen molar-refractivity contribution >= 4 is 26.8 Å². The second kappa shape index (κ2) is 7.57. The standard InChI is InChI=1S/C22H23N3O3S/c1-15(26)24-22-10-7-17-6-8-19(13-20(17)22)29(27,28)25(2)14-16-5-9-21-18(12-16)4-3-11-23-21/h3-6,8-9,11-13,22H,7,10,14H2,1-2H3,(H,24,26)/t22-/m1/s1. The van der Waals surface area contributed by atoms with Gasteiger partial charge in [-0.2, -0.15) is 4.31 Å². The van der Waals surface area contributed by atoms with Crippen molar-refractivity contribution in [3.05, 3.63) is 71.4 Å². The van der Waals surface area contributed by atoms with E-state index in [0.29, 0.717) is 0 Å². The van der Waals surface area contributed by atoms with Crippen LogP contribution < -0.4 is 5.32 Å². The van der Waals surface area contributed by atoms with Crippen LogP contribution in [0.15, 0.2) is 59.6 Å². The number of fused-ring (bicyclic) bond motifs is 2. The highest BCUT2D eigenvalue weighted by atomic mass is 32.2. The van der Waals surface area contributed by atoms with Gasteiger partial charge in [0.05, 0.1) is 16.5 Å². The third kappa shape index (κ3) is 3.88. The van der Waals surface area contributed by atoms with E-state index < -0.39 is 10.0 Å². The number of aromatic nitrogens is 1. The molecule has 4 rings (SSSR count). The smallest absolute Gasteiger partial charge is 0.243 e. The van der Waals surface area contributed by atoms with Gasteiger partial charge in [0.15, 0.2) is 0 Å². The SMILES string of the molecule is CC(=O)N[C@@H]1CCc2ccc(S(=O)(=O)N(C)Cc3ccc4ncccc4c3)cc21. The lowest BCUT2D eigenvalue weighted by Gasteiger charge is -2.19. The van der Waals surface area contributed by atoms with E-state index >= 15 is 0 Å². The lowest BCUT2D eigenvalue weighted by molar-refractivity contribution is -0.119. The monoisotopic (exact) mass is 409 g/mol. The number of sulfonamides is 1. The molecule has 1 aliphatic rings. The van der Waals surface area contributed by atoms with Crippen LogP contribution in [-0.4, -0.2) is 30.7 Å². The topological polar surface area (TPSA) is 79.4 Å². The molecule has 0 fully saturated rings. The first-order chi connectivity index (χ1) is 13.8. The summed E-state index contributed by atoms with van der Waals surface area (Å²) in [6.45, 7) is 1.74. The summed E-state index contributed by atoms with van der Waals surface area (Å²) in [5, 5.41) is 3.89. The number of rotatable bonds is 5. The van der Waals surface area contributed by atoms with Gasteiger partial charge in [-0.15, -0.1) is 0 Å². The molecule has 0 saturated heterocycles. The maximum atomic E-state index is 13.2. The fourth-order valence-electron chi connectivity index (χ4n) is 3.88. The number of carbonyl (C=O) groups is 1. The fraction of sp³-hybridized carbons (Fsp3) is 0.273. The minimum absolute atomic E-state index is 0.112. The second-order valence-electron chi connectivity index (χ2n) is 7.44. The molecule has 0 radical (unpaired) electrons. The Hall–Kier alpha value is -2.77. The number of amides is 1. The van der Waals surface area contributed by atoms with Gasteiger partial charge in [-0.3, -0.25) is 9.78 Å². The van der Waals surface area contributed by atoms with Gasteiger partial charge in [0.1, 0.15) is 0 Å². The van der Waals surface area contributed by atoms with Crippen LogP contribution in [0, 0.1) is 0 Å². The van der Waals surface area contributed by atoms with Crippen LogP contribution in [-0.2, 0) is 27.8 Å². The lowest BCUT2D eigenvalue weighted by atomic mass is 10.1. The molecule has 1 heterocycles. The Labute approximate surface area is 170 Å². The lowest BCUT2D eigenvalue weighted by Crippen LogP contribution is -2.27. The van der Waals surface area contributed by atoms with Crippen LogP contribution in [0.5, 0.6) is 0 Å². The molecule has 150 valence electrons. The van der Waals surface area contributed by atoms with E-state index in [1.54, 1.807) is 25.4 Å². The number of aryl methyl sites for hydroxylation is 1. The molecule has 0 bridgehead atoms. The predicted octanol–water partition coefficient (Wildman–Crippen LogP) is 3.18. The normalized spacial score (nSPS) is 16.2. The third-order valence-corrected chi connectivity index (χ3v) is 7.15. The molecule has 1 aromatic heterocycles. The van der Waals surface area contributed by atoms with Crippen molar-refractivity contribution in [3.63, 3.8) is 0 Å². The summed E-state index contributed by atoms with van der Waals surface area (Å²) >= 11 is 0. The Kier molecular flexibility index (Phi) is 5.10. The Bertz CT molecular complexity index is 1190. The van der Waals surface area contributed by atoms with Gasteiger partial charge in [-0.25, -0.2) is 8.42 Å². The zero-order chi connectivity index (χ0) is 20.6. The van der Waals surface area contributed by atoms with Crippen molar-refractivity contribution in [2.24, 2.45) is 0 Å². The van der Waals surface area contributed by atoms with Crippen molar-refractivity contribution in [2.75, 3.05) is 7.05 Å². The van der Waals surface area contributed by atoms with E-state index in [-0.39, 0.29) is 23.4 Å². The largest absolute Gasteiger partial charge is 0.350 e. The van der Waals surface area contributed by atoms with Crippen LogP contribution in [0.3, 0.4) is 0 Å². The summed E-state index contributed by atoms with van der Waals surface area (Å²) in [7, 11) is -2.07. The van der Waals surface area contributed by atoms with E-state index in [1.165, 1.54) is 11.2 Å². The Balaban J connectivity index is 1.59. The molecule has 0 spiro atoms. The van der Waals surface area contributed by atoms with E-state index in [1.807, 2.05) is 36.4 Å². The summed E-state index contributed by atoms with van der Waals surface area (Å²) in [5.74, 6) is -0.112. The molecule has 0 saturated carbocycles. The number of nitrogens with zero attached hydrogens (tertiary/aromatic N) is 2. The zero-order valence-electron chi connectivity index (χ0n) is 16.4. The quantitative estimate of drug-likeness (QED) is 0.702. The van der Waals surface area contributed by atoms with E-state index in [2.05, 4.69) is 10.3 Å². The van der Waals surface area contributed by atoms with Gasteiger partial charge in [0, 0.05) is 32.1 Å². The summed E-state index contributed by atoms with van der Waals surface area (Å²) in [6.07, 6.45) is 3.36. The molecule has 0 aliphatic heterocycles. The Morgan fingerprint density at radius 3 is 2.83 bits per heavy atom. The van der Waals surface area contributed by atoms with E-state index in [4.69, 9.17) is 0 Å². The first-order valence-electron chi connectivity index (χ1n) is 9.54. The summed E-state index contributed by atoms with van der Waals surface area (Å²) in [4.78, 5) is 16.0. The van der Waals surface area contributed by atoms with Gasteiger partial charge in [-0.1, -0.05) is 18.2 Å². The Morgan fingerprint density at radius 2 is 2.03 bits per heavy atom. The van der Waals surface area contributed by atoms with Gasteiger partial charge < -0.3 is 5.32 Å². The van der Waals surface area contributed by atoms with Crippen LogP contribution in [0.2, 0.25) is 0 Å². The number of carbonyl (C=O) groups excluding carboxylic acids is 1. The van der Waals surface area contributed by atoms with Crippen LogP contribution in [0.4, 0.5) is 0 Å². The average molecular weight is 410 g/mol. The minimum atomic E-state index is -3.66. The molecule has 0 unspecified atom stereocenters. The van der Waals surface area contributed by atoms with E-state index in [9.17, 15) is 13.2 Å². The minimum Gasteiger partial charge on any atom is -0.350 e. The number of pyridine rings is 1. The molecule has 6 nitrogen and oxygen atoms in total. The highest BCUT2D eigenvalue weighted by molar-refractivity contribution is 7.89. The van der Waals surface area contributed by atoms with Crippen molar-refractivity contribution < 1.29 is 13.2 Å². The van der Waals surface area contributed by atoms with Crippen LogP contribution >= 0.6 is 0 Å². The maximum Gasteiger partial charge on any atom is 0.243 e. The average Bonchev–Trinajstić information content (AvgIpc) is 3.09. The molecule has 7 heteroatoms. The molecular formula is C22H23N3O3S. The Morgan fingerprint density at radius 1 is 1.21 bits per heavy atom.